The molecular formula is C55H34N2S. The van der Waals surface area contributed by atoms with Crippen molar-refractivity contribution in [1.29, 1.82) is 0 Å². The summed E-state index contributed by atoms with van der Waals surface area (Å²) in [6, 6.07) is 75.1. The summed E-state index contributed by atoms with van der Waals surface area (Å²) < 4.78 is 0. The third-order valence-electron chi connectivity index (χ3n) is 12.1. The Hall–Kier alpha value is -7.07. The Kier molecular flexibility index (Phi) is 7.41. The van der Waals surface area contributed by atoms with Gasteiger partial charge >= 0.3 is 0 Å². The van der Waals surface area contributed by atoms with Crippen LogP contribution in [0.2, 0.25) is 0 Å². The van der Waals surface area contributed by atoms with Gasteiger partial charge in [-0.2, -0.15) is 0 Å². The van der Waals surface area contributed by atoms with Crippen LogP contribution < -0.4 is 0 Å². The Balaban J connectivity index is 1.03. The molecule has 2 nitrogen and oxygen atoms in total. The highest BCUT2D eigenvalue weighted by molar-refractivity contribution is 7.99. The molecule has 0 fully saturated rings. The molecule has 0 atom stereocenters. The van der Waals surface area contributed by atoms with E-state index in [1.807, 2.05) is 17.8 Å². The van der Waals surface area contributed by atoms with E-state index in [1.165, 1.54) is 75.8 Å². The van der Waals surface area contributed by atoms with Crippen molar-refractivity contribution >= 4 is 33.3 Å². The van der Waals surface area contributed by atoms with Crippen LogP contribution in [0.25, 0.3) is 77.7 Å². The summed E-state index contributed by atoms with van der Waals surface area (Å²) in [6.07, 6.45) is 0. The Bertz CT molecular complexity index is 3210. The highest BCUT2D eigenvalue weighted by atomic mass is 32.2. The first-order valence-electron chi connectivity index (χ1n) is 19.8. The number of aromatic nitrogens is 2. The van der Waals surface area contributed by atoms with Gasteiger partial charge in [-0.15, -0.1) is 0 Å². The first-order valence-corrected chi connectivity index (χ1v) is 20.6. The minimum Gasteiger partial charge on any atom is -0.228 e. The molecule has 58 heavy (non-hydrogen) atoms. The zero-order valence-corrected chi connectivity index (χ0v) is 32.2. The molecule has 0 unspecified atom stereocenters. The fourth-order valence-corrected chi connectivity index (χ4v) is 10.7. The third-order valence-corrected chi connectivity index (χ3v) is 13.2. The lowest BCUT2D eigenvalue weighted by atomic mass is 9.67. The number of rotatable bonds is 4. The van der Waals surface area contributed by atoms with Gasteiger partial charge in [-0.25, -0.2) is 9.97 Å². The molecule has 2 heterocycles. The Morgan fingerprint density at radius 1 is 0.310 bits per heavy atom. The van der Waals surface area contributed by atoms with Crippen molar-refractivity contribution in [2.45, 2.75) is 15.2 Å². The SMILES string of the molecule is c1ccc(-c2nc(-c3ccc(-c4ccc5ccccc5c4)cc3)cc(-c3ccc4c(c3)Sc3cc5ccccc5cc3C43c4ccccc4-c4ccccc43)n2)cc1. The molecule has 0 saturated heterocycles. The van der Waals surface area contributed by atoms with Crippen molar-refractivity contribution < 1.29 is 0 Å². The molecule has 1 spiro atoms. The first kappa shape index (κ1) is 33.1. The maximum atomic E-state index is 5.27. The van der Waals surface area contributed by atoms with E-state index < -0.39 is 5.41 Å². The minimum atomic E-state index is -0.454. The average Bonchev–Trinajstić information content (AvgIpc) is 3.59. The van der Waals surface area contributed by atoms with Crippen LogP contribution in [0.4, 0.5) is 0 Å². The minimum absolute atomic E-state index is 0.454. The smallest absolute Gasteiger partial charge is 0.160 e. The summed E-state index contributed by atoms with van der Waals surface area (Å²) in [4.78, 5) is 13.0. The van der Waals surface area contributed by atoms with Crippen molar-refractivity contribution in [3.8, 4) is 56.2 Å². The second-order valence-corrected chi connectivity index (χ2v) is 16.4. The van der Waals surface area contributed by atoms with E-state index in [4.69, 9.17) is 9.97 Å². The summed E-state index contributed by atoms with van der Waals surface area (Å²) in [5, 5.41) is 5.00. The molecule has 0 saturated carbocycles. The third kappa shape index (κ3) is 5.07. The van der Waals surface area contributed by atoms with Crippen LogP contribution in [0.1, 0.15) is 22.3 Å². The Morgan fingerprint density at radius 2 is 0.845 bits per heavy atom. The second-order valence-electron chi connectivity index (χ2n) is 15.3. The van der Waals surface area contributed by atoms with Crippen LogP contribution in [0.3, 0.4) is 0 Å². The summed E-state index contributed by atoms with van der Waals surface area (Å²) in [7, 11) is 0. The summed E-state index contributed by atoms with van der Waals surface area (Å²) in [5.74, 6) is 0.712. The van der Waals surface area contributed by atoms with Gasteiger partial charge in [0.05, 0.1) is 16.8 Å². The van der Waals surface area contributed by atoms with E-state index >= 15 is 0 Å². The summed E-state index contributed by atoms with van der Waals surface area (Å²) in [6.45, 7) is 0. The van der Waals surface area contributed by atoms with Crippen molar-refractivity contribution in [1.82, 2.24) is 9.97 Å². The van der Waals surface area contributed by atoms with Crippen LogP contribution in [0.5, 0.6) is 0 Å². The van der Waals surface area contributed by atoms with Crippen LogP contribution in [0, 0.1) is 0 Å². The van der Waals surface area contributed by atoms with E-state index in [2.05, 4.69) is 200 Å². The first-order chi connectivity index (χ1) is 28.7. The van der Waals surface area contributed by atoms with E-state index in [0.717, 1.165) is 28.1 Å². The van der Waals surface area contributed by atoms with Gasteiger partial charge in [0.1, 0.15) is 0 Å². The molecular weight excluding hydrogens is 721 g/mol. The molecule has 3 heteroatoms. The van der Waals surface area contributed by atoms with Crippen LogP contribution in [-0.4, -0.2) is 9.97 Å². The number of benzene rings is 9. The van der Waals surface area contributed by atoms with Crippen molar-refractivity contribution in [2.75, 3.05) is 0 Å². The van der Waals surface area contributed by atoms with Gasteiger partial charge in [0.15, 0.2) is 5.82 Å². The Morgan fingerprint density at radius 3 is 1.57 bits per heavy atom. The monoisotopic (exact) mass is 754 g/mol. The molecule has 9 aromatic carbocycles. The lowest BCUT2D eigenvalue weighted by molar-refractivity contribution is 0.724. The lowest BCUT2D eigenvalue weighted by Gasteiger charge is -2.40. The van der Waals surface area contributed by atoms with Crippen molar-refractivity contribution in [2.24, 2.45) is 0 Å². The number of hydrogen-bond acceptors (Lipinski definition) is 3. The van der Waals surface area contributed by atoms with Gasteiger partial charge in [-0.1, -0.05) is 188 Å². The standard InChI is InChI=1S/C55H34N2S/c1-2-13-38(14-3-1)54-56-50(37-25-22-36(23-26-37)42-27-24-35-12-4-5-15-39(35)30-42)34-51(57-54)43-28-29-48-52(33-43)58-53-32-41-17-7-6-16-40(41)31-49(53)55(48)46-20-10-8-18-44(46)45-19-9-11-21-47(45)55/h1-34H. The van der Waals surface area contributed by atoms with E-state index in [1.54, 1.807) is 0 Å². The number of nitrogens with zero attached hydrogens (tertiary/aromatic N) is 2. The normalized spacial score (nSPS) is 13.2. The molecule has 12 rings (SSSR count). The molecule has 10 aromatic rings. The molecule has 0 amide bonds. The van der Waals surface area contributed by atoms with Gasteiger partial charge in [0.25, 0.3) is 0 Å². The molecule has 1 aromatic heterocycles. The zero-order chi connectivity index (χ0) is 38.2. The topological polar surface area (TPSA) is 25.8 Å². The average molecular weight is 755 g/mol. The summed E-state index contributed by atoms with van der Waals surface area (Å²) in [5.41, 5.74) is 14.8. The van der Waals surface area contributed by atoms with Gasteiger partial charge in [-0.05, 0) is 96.4 Å². The fraction of sp³-hybridized carbons (Fsp3) is 0.0182. The number of hydrogen-bond donors (Lipinski definition) is 0. The lowest BCUT2D eigenvalue weighted by Crippen LogP contribution is -2.32. The van der Waals surface area contributed by atoms with Gasteiger partial charge in [-0.3, -0.25) is 0 Å². The second kappa shape index (κ2) is 13.0. The van der Waals surface area contributed by atoms with E-state index in [-0.39, 0.29) is 0 Å². The van der Waals surface area contributed by atoms with Gasteiger partial charge < -0.3 is 0 Å². The molecule has 2 aliphatic rings. The number of fused-ring (bicyclic) bond motifs is 11. The quantitative estimate of drug-likeness (QED) is 0.179. The zero-order valence-electron chi connectivity index (χ0n) is 31.4. The van der Waals surface area contributed by atoms with Crippen LogP contribution in [-0.2, 0) is 5.41 Å². The molecule has 270 valence electrons. The maximum Gasteiger partial charge on any atom is 0.160 e. The van der Waals surface area contributed by atoms with Crippen molar-refractivity contribution in [3.63, 3.8) is 0 Å². The predicted molar refractivity (Wildman–Crippen MR) is 240 cm³/mol. The van der Waals surface area contributed by atoms with E-state index in [9.17, 15) is 0 Å². The van der Waals surface area contributed by atoms with Gasteiger partial charge in [0.2, 0.25) is 0 Å². The fourth-order valence-electron chi connectivity index (χ4n) is 9.41. The molecule has 0 radical (unpaired) electrons. The Labute approximate surface area is 341 Å². The van der Waals surface area contributed by atoms with E-state index in [0.29, 0.717) is 5.82 Å². The van der Waals surface area contributed by atoms with Crippen LogP contribution >= 0.6 is 11.8 Å². The molecule has 1 aliphatic carbocycles. The summed E-state index contributed by atoms with van der Waals surface area (Å²) >= 11 is 1.87. The molecule has 1 aliphatic heterocycles. The maximum absolute atomic E-state index is 5.27. The molecule has 0 N–H and O–H groups in total. The van der Waals surface area contributed by atoms with Crippen molar-refractivity contribution in [3.05, 3.63) is 229 Å². The highest BCUT2D eigenvalue weighted by Gasteiger charge is 2.50. The largest absolute Gasteiger partial charge is 0.228 e. The predicted octanol–water partition coefficient (Wildman–Crippen LogP) is 14.3. The van der Waals surface area contributed by atoms with Gasteiger partial charge in [0, 0.05) is 26.5 Å². The van der Waals surface area contributed by atoms with Crippen LogP contribution in [0.15, 0.2) is 216 Å². The highest BCUT2D eigenvalue weighted by Crippen LogP contribution is 2.62. The molecule has 0 bridgehead atoms.